The number of nitrogens with two attached hydrogens (primary N) is 1. The molecular formula is C16H16N2O3. The molecule has 0 aliphatic heterocycles. The number of anilines is 1. The van der Waals surface area contributed by atoms with Crippen molar-refractivity contribution in [2.24, 2.45) is 0 Å². The molecule has 0 bridgehead atoms. The van der Waals surface area contributed by atoms with Gasteiger partial charge in [0.15, 0.2) is 0 Å². The first-order chi connectivity index (χ1) is 10.1. The molecule has 2 aromatic rings. The van der Waals surface area contributed by atoms with E-state index in [4.69, 9.17) is 5.73 Å². The molecule has 0 fully saturated rings. The summed E-state index contributed by atoms with van der Waals surface area (Å²) in [7, 11) is 0. The topological polar surface area (TPSA) is 92.4 Å². The van der Waals surface area contributed by atoms with Crippen molar-refractivity contribution in [1.29, 1.82) is 0 Å². The molecule has 0 radical (unpaired) electrons. The van der Waals surface area contributed by atoms with Gasteiger partial charge in [-0.15, -0.1) is 0 Å². The van der Waals surface area contributed by atoms with Gasteiger partial charge in [-0.3, -0.25) is 4.79 Å². The van der Waals surface area contributed by atoms with Gasteiger partial charge >= 0.3 is 5.97 Å². The Kier molecular flexibility index (Phi) is 4.56. The smallest absolute Gasteiger partial charge is 0.326 e. The van der Waals surface area contributed by atoms with E-state index in [2.05, 4.69) is 5.32 Å². The molecule has 2 aromatic carbocycles. The van der Waals surface area contributed by atoms with E-state index in [-0.39, 0.29) is 12.0 Å². The largest absolute Gasteiger partial charge is 0.480 e. The van der Waals surface area contributed by atoms with Crippen molar-refractivity contribution in [3.8, 4) is 0 Å². The quantitative estimate of drug-likeness (QED) is 0.728. The molecule has 0 spiro atoms. The highest BCUT2D eigenvalue weighted by Crippen LogP contribution is 2.11. The van der Waals surface area contributed by atoms with Crippen LogP contribution in [0.25, 0.3) is 0 Å². The summed E-state index contributed by atoms with van der Waals surface area (Å²) in [6.45, 7) is 0. The first-order valence-corrected chi connectivity index (χ1v) is 6.50. The summed E-state index contributed by atoms with van der Waals surface area (Å²) in [5.41, 5.74) is 7.15. The van der Waals surface area contributed by atoms with Gasteiger partial charge < -0.3 is 16.2 Å². The predicted octanol–water partition coefficient (Wildman–Crippen LogP) is 1.69. The van der Waals surface area contributed by atoms with Crippen LogP contribution in [-0.4, -0.2) is 23.0 Å². The van der Waals surface area contributed by atoms with Crippen LogP contribution in [0.5, 0.6) is 0 Å². The fraction of sp³-hybridized carbons (Fsp3) is 0.125. The Hall–Kier alpha value is -2.82. The number of aliphatic carboxylic acids is 1. The van der Waals surface area contributed by atoms with Crippen LogP contribution in [0.2, 0.25) is 0 Å². The van der Waals surface area contributed by atoms with Gasteiger partial charge in [-0.1, -0.05) is 42.5 Å². The number of rotatable bonds is 5. The van der Waals surface area contributed by atoms with Crippen molar-refractivity contribution in [3.05, 3.63) is 65.7 Å². The summed E-state index contributed by atoms with van der Waals surface area (Å²) in [4.78, 5) is 23.4. The monoisotopic (exact) mass is 284 g/mol. The maximum atomic E-state index is 12.1. The van der Waals surface area contributed by atoms with E-state index < -0.39 is 17.9 Å². The van der Waals surface area contributed by atoms with E-state index in [1.807, 2.05) is 30.3 Å². The fourth-order valence-corrected chi connectivity index (χ4v) is 1.99. The summed E-state index contributed by atoms with van der Waals surface area (Å²) in [6, 6.07) is 14.7. The SMILES string of the molecule is Nc1ccccc1C(=O)NC(Cc1ccccc1)C(=O)O. The van der Waals surface area contributed by atoms with Crippen LogP contribution in [0.4, 0.5) is 5.69 Å². The van der Waals surface area contributed by atoms with E-state index in [9.17, 15) is 14.7 Å². The van der Waals surface area contributed by atoms with Gasteiger partial charge in [-0.25, -0.2) is 4.79 Å². The lowest BCUT2D eigenvalue weighted by Crippen LogP contribution is -2.42. The number of carboxylic acids is 1. The predicted molar refractivity (Wildman–Crippen MR) is 79.9 cm³/mol. The highest BCUT2D eigenvalue weighted by molar-refractivity contribution is 6.00. The summed E-state index contributed by atoms with van der Waals surface area (Å²) in [5.74, 6) is -1.57. The molecule has 108 valence electrons. The summed E-state index contributed by atoms with van der Waals surface area (Å²) >= 11 is 0. The number of para-hydroxylation sites is 1. The molecule has 2 rings (SSSR count). The molecule has 21 heavy (non-hydrogen) atoms. The minimum absolute atomic E-state index is 0.217. The lowest BCUT2D eigenvalue weighted by Gasteiger charge is -2.15. The van der Waals surface area contributed by atoms with E-state index in [1.165, 1.54) is 0 Å². The highest BCUT2D eigenvalue weighted by atomic mass is 16.4. The highest BCUT2D eigenvalue weighted by Gasteiger charge is 2.21. The van der Waals surface area contributed by atoms with E-state index in [0.29, 0.717) is 5.69 Å². The maximum Gasteiger partial charge on any atom is 0.326 e. The van der Waals surface area contributed by atoms with Crippen LogP contribution < -0.4 is 11.1 Å². The van der Waals surface area contributed by atoms with Crippen molar-refractivity contribution in [1.82, 2.24) is 5.32 Å². The molecule has 1 unspecified atom stereocenters. The summed E-state index contributed by atoms with van der Waals surface area (Å²) < 4.78 is 0. The Bertz CT molecular complexity index is 641. The zero-order chi connectivity index (χ0) is 15.2. The molecule has 0 aliphatic rings. The molecule has 5 nitrogen and oxygen atoms in total. The second-order valence-electron chi connectivity index (χ2n) is 4.64. The van der Waals surface area contributed by atoms with E-state index in [1.54, 1.807) is 24.3 Å². The van der Waals surface area contributed by atoms with Gasteiger partial charge in [0, 0.05) is 12.1 Å². The van der Waals surface area contributed by atoms with E-state index in [0.717, 1.165) is 5.56 Å². The number of hydrogen-bond donors (Lipinski definition) is 3. The van der Waals surface area contributed by atoms with E-state index >= 15 is 0 Å². The molecule has 0 saturated carbocycles. The van der Waals surface area contributed by atoms with Crippen LogP contribution >= 0.6 is 0 Å². The molecule has 4 N–H and O–H groups in total. The van der Waals surface area contributed by atoms with Crippen molar-refractivity contribution in [3.63, 3.8) is 0 Å². The van der Waals surface area contributed by atoms with Crippen LogP contribution in [-0.2, 0) is 11.2 Å². The first-order valence-electron chi connectivity index (χ1n) is 6.50. The third-order valence-corrected chi connectivity index (χ3v) is 3.09. The summed E-state index contributed by atoms with van der Waals surface area (Å²) in [6.07, 6.45) is 0.217. The number of carboxylic acid groups (broad SMARTS) is 1. The Morgan fingerprint density at radius 3 is 2.29 bits per heavy atom. The lowest BCUT2D eigenvalue weighted by molar-refractivity contribution is -0.139. The third kappa shape index (κ3) is 3.82. The van der Waals surface area contributed by atoms with Gasteiger partial charge in [-0.2, -0.15) is 0 Å². The normalized spacial score (nSPS) is 11.6. The standard InChI is InChI=1S/C16H16N2O3/c17-13-9-5-4-8-12(13)15(19)18-14(16(20)21)10-11-6-2-1-3-7-11/h1-9,14H,10,17H2,(H,18,19)(H,20,21). The summed E-state index contributed by atoms with van der Waals surface area (Å²) in [5, 5.41) is 11.8. The van der Waals surface area contributed by atoms with Gasteiger partial charge in [-0.05, 0) is 17.7 Å². The average Bonchev–Trinajstić information content (AvgIpc) is 2.48. The molecule has 1 atom stereocenters. The zero-order valence-electron chi connectivity index (χ0n) is 11.3. The van der Waals surface area contributed by atoms with Gasteiger partial charge in [0.2, 0.25) is 0 Å². The number of hydrogen-bond acceptors (Lipinski definition) is 3. The minimum atomic E-state index is -1.08. The number of nitrogens with one attached hydrogen (secondary N) is 1. The molecule has 5 heteroatoms. The molecule has 0 aliphatic carbocycles. The minimum Gasteiger partial charge on any atom is -0.480 e. The van der Waals surface area contributed by atoms with Gasteiger partial charge in [0.05, 0.1) is 5.56 Å². The average molecular weight is 284 g/mol. The number of carbonyl (C=O) groups excluding carboxylic acids is 1. The van der Waals surface area contributed by atoms with Crippen molar-refractivity contribution in [2.75, 3.05) is 5.73 Å². The zero-order valence-corrected chi connectivity index (χ0v) is 11.3. The second kappa shape index (κ2) is 6.56. The van der Waals surface area contributed by atoms with Crippen LogP contribution in [0.3, 0.4) is 0 Å². The molecule has 1 amide bonds. The lowest BCUT2D eigenvalue weighted by atomic mass is 10.1. The number of benzene rings is 2. The van der Waals surface area contributed by atoms with Crippen LogP contribution in [0.1, 0.15) is 15.9 Å². The van der Waals surface area contributed by atoms with Crippen molar-refractivity contribution < 1.29 is 14.7 Å². The van der Waals surface area contributed by atoms with Crippen LogP contribution in [0.15, 0.2) is 54.6 Å². The van der Waals surface area contributed by atoms with Crippen molar-refractivity contribution >= 4 is 17.6 Å². The Morgan fingerprint density at radius 1 is 1.05 bits per heavy atom. The molecule has 0 saturated heterocycles. The fourth-order valence-electron chi connectivity index (χ4n) is 1.99. The molecule has 0 heterocycles. The number of carbonyl (C=O) groups is 2. The Balaban J connectivity index is 2.12. The van der Waals surface area contributed by atoms with Gasteiger partial charge in [0.25, 0.3) is 5.91 Å². The van der Waals surface area contributed by atoms with Crippen molar-refractivity contribution in [2.45, 2.75) is 12.5 Å². The molecular weight excluding hydrogens is 268 g/mol. The first kappa shape index (κ1) is 14.6. The Morgan fingerprint density at radius 2 is 1.67 bits per heavy atom. The number of nitrogen functional groups attached to an aromatic ring is 1. The second-order valence-corrected chi connectivity index (χ2v) is 4.64. The Labute approximate surface area is 122 Å². The molecule has 0 aromatic heterocycles. The maximum absolute atomic E-state index is 12.1. The van der Waals surface area contributed by atoms with Crippen LogP contribution in [0, 0.1) is 0 Å². The third-order valence-electron chi connectivity index (χ3n) is 3.09. The number of amides is 1. The van der Waals surface area contributed by atoms with Gasteiger partial charge in [0.1, 0.15) is 6.04 Å².